The van der Waals surface area contributed by atoms with Crippen LogP contribution in [0.2, 0.25) is 0 Å². The minimum atomic E-state index is -3.91. The maximum absolute atomic E-state index is 10.3. The van der Waals surface area contributed by atoms with E-state index in [0.717, 1.165) is 24.7 Å². The van der Waals surface area contributed by atoms with E-state index in [9.17, 15) is 8.42 Å². The van der Waals surface area contributed by atoms with Gasteiger partial charge in [-0.25, -0.2) is 0 Å². The quantitative estimate of drug-likeness (QED) is 0.490. The average Bonchev–Trinajstić information content (AvgIpc) is 2.14. The molecule has 0 heterocycles. The maximum Gasteiger partial charge on any atom is 0.287 e. The summed E-state index contributed by atoms with van der Waals surface area (Å²) in [7, 11) is -3.91. The van der Waals surface area contributed by atoms with Crippen molar-refractivity contribution in [3.63, 3.8) is 0 Å². The van der Waals surface area contributed by atoms with Crippen molar-refractivity contribution < 1.29 is 13.0 Å². The molecule has 0 atom stereocenters. The van der Waals surface area contributed by atoms with Crippen LogP contribution in [0.1, 0.15) is 58.3 Å². The first-order chi connectivity index (χ1) is 7.06. The summed E-state index contributed by atoms with van der Waals surface area (Å²) in [4.78, 5) is 0. The van der Waals surface area contributed by atoms with Crippen LogP contribution in [-0.4, -0.2) is 13.0 Å². The molecule has 0 aliphatic rings. The van der Waals surface area contributed by atoms with Crippen molar-refractivity contribution >= 4 is 10.1 Å². The van der Waals surface area contributed by atoms with Crippen LogP contribution in [0.25, 0.3) is 0 Å². The molecule has 0 aromatic carbocycles. The number of hydrogen-bond acceptors (Lipinski definition) is 2. The Labute approximate surface area is 93.3 Å². The second kappa shape index (κ2) is 8.92. The van der Waals surface area contributed by atoms with E-state index in [1.54, 1.807) is 0 Å². The molecule has 0 aliphatic carbocycles. The molecule has 0 rings (SSSR count). The smallest absolute Gasteiger partial charge is 0.282 e. The predicted molar refractivity (Wildman–Crippen MR) is 63.3 cm³/mol. The van der Waals surface area contributed by atoms with Crippen LogP contribution in [0.3, 0.4) is 0 Å². The van der Waals surface area contributed by atoms with Gasteiger partial charge in [0.05, 0.1) is 5.41 Å². The van der Waals surface area contributed by atoms with E-state index in [2.05, 4.69) is 6.92 Å². The molecule has 0 aromatic rings. The summed E-state index contributed by atoms with van der Waals surface area (Å²) in [5, 5.41) is 0.865. The monoisotopic (exact) mass is 234 g/mol. The molecule has 0 aromatic heterocycles. The molecule has 0 aliphatic heterocycles. The first-order valence-electron chi connectivity index (χ1n) is 5.70. The van der Waals surface area contributed by atoms with E-state index >= 15 is 0 Å². The molecule has 0 unspecified atom stereocenters. The lowest BCUT2D eigenvalue weighted by atomic mass is 10.1. The zero-order chi connectivity index (χ0) is 11.6. The van der Waals surface area contributed by atoms with Crippen LogP contribution in [0, 0.1) is 0 Å². The average molecular weight is 234 g/mol. The molecule has 4 heteroatoms. The summed E-state index contributed by atoms with van der Waals surface area (Å²) in [6.45, 7) is 2.19. The van der Waals surface area contributed by atoms with Crippen LogP contribution in [0.15, 0.2) is 11.5 Å². The molecule has 0 bridgehead atoms. The molecule has 3 nitrogen and oxygen atoms in total. The van der Waals surface area contributed by atoms with Gasteiger partial charge in [-0.15, -0.1) is 0 Å². The Hall–Kier alpha value is -0.350. The van der Waals surface area contributed by atoms with Gasteiger partial charge in [-0.1, -0.05) is 51.5 Å². The highest BCUT2D eigenvalue weighted by molar-refractivity contribution is 7.88. The number of allylic oxidation sites excluding steroid dienone is 1. The molecule has 0 spiro atoms. The molecule has 0 saturated carbocycles. The number of unbranched alkanes of at least 4 members (excludes halogenated alkanes) is 7. The zero-order valence-electron chi connectivity index (χ0n) is 9.48. The van der Waals surface area contributed by atoms with E-state index in [1.807, 2.05) is 0 Å². The van der Waals surface area contributed by atoms with Crippen molar-refractivity contribution in [2.24, 2.45) is 0 Å². The fourth-order valence-electron chi connectivity index (χ4n) is 1.41. The highest BCUT2D eigenvalue weighted by Gasteiger charge is 1.94. The van der Waals surface area contributed by atoms with Crippen LogP contribution >= 0.6 is 0 Å². The van der Waals surface area contributed by atoms with Gasteiger partial charge in [0.25, 0.3) is 10.1 Å². The Morgan fingerprint density at radius 3 is 2.07 bits per heavy atom. The maximum atomic E-state index is 10.3. The lowest BCUT2D eigenvalue weighted by Crippen LogP contribution is -1.88. The van der Waals surface area contributed by atoms with Crippen molar-refractivity contribution in [2.75, 3.05) is 0 Å². The predicted octanol–water partition coefficient (Wildman–Crippen LogP) is 3.53. The highest BCUT2D eigenvalue weighted by Crippen LogP contribution is 2.08. The molecule has 0 fully saturated rings. The van der Waals surface area contributed by atoms with Crippen LogP contribution in [0.5, 0.6) is 0 Å². The number of hydrogen-bond donors (Lipinski definition) is 1. The minimum absolute atomic E-state index is 0.730. The van der Waals surface area contributed by atoms with Gasteiger partial charge >= 0.3 is 0 Å². The summed E-state index contributed by atoms with van der Waals surface area (Å²) in [5.41, 5.74) is 0. The molecule has 1 N–H and O–H groups in total. The van der Waals surface area contributed by atoms with Crippen LogP contribution in [0.4, 0.5) is 0 Å². The Bertz CT molecular complexity index is 255. The van der Waals surface area contributed by atoms with Gasteiger partial charge in [0.1, 0.15) is 0 Å². The fraction of sp³-hybridized carbons (Fsp3) is 0.818. The highest BCUT2D eigenvalue weighted by atomic mass is 32.2. The van der Waals surface area contributed by atoms with Crippen molar-refractivity contribution in [1.82, 2.24) is 0 Å². The van der Waals surface area contributed by atoms with Gasteiger partial charge in [-0.05, 0) is 12.8 Å². The minimum Gasteiger partial charge on any atom is -0.282 e. The second-order valence-electron chi connectivity index (χ2n) is 3.80. The first-order valence-corrected chi connectivity index (χ1v) is 7.20. The second-order valence-corrected chi connectivity index (χ2v) is 5.10. The van der Waals surface area contributed by atoms with E-state index in [-0.39, 0.29) is 0 Å². The van der Waals surface area contributed by atoms with E-state index < -0.39 is 10.1 Å². The fourth-order valence-corrected chi connectivity index (χ4v) is 1.79. The summed E-state index contributed by atoms with van der Waals surface area (Å²) in [6.07, 6.45) is 10.7. The van der Waals surface area contributed by atoms with Gasteiger partial charge in [0.2, 0.25) is 0 Å². The largest absolute Gasteiger partial charge is 0.287 e. The summed E-state index contributed by atoms with van der Waals surface area (Å²) < 4.78 is 29.0. The molecule has 15 heavy (non-hydrogen) atoms. The molecule has 0 radical (unpaired) electrons. The topological polar surface area (TPSA) is 54.4 Å². The molecule has 90 valence electrons. The van der Waals surface area contributed by atoms with E-state index in [4.69, 9.17) is 4.55 Å². The van der Waals surface area contributed by atoms with Gasteiger partial charge in [-0.2, -0.15) is 8.42 Å². The SMILES string of the molecule is CCCCCCCCC/C=C/S(=O)(=O)O. The van der Waals surface area contributed by atoms with Gasteiger partial charge in [0, 0.05) is 0 Å². The van der Waals surface area contributed by atoms with Crippen LogP contribution < -0.4 is 0 Å². The Balaban J connectivity index is 3.22. The molecule has 0 saturated heterocycles. The van der Waals surface area contributed by atoms with Gasteiger partial charge in [0.15, 0.2) is 0 Å². The van der Waals surface area contributed by atoms with Gasteiger partial charge < -0.3 is 0 Å². The molecular weight excluding hydrogens is 212 g/mol. The van der Waals surface area contributed by atoms with E-state index in [0.29, 0.717) is 0 Å². The summed E-state index contributed by atoms with van der Waals surface area (Å²) >= 11 is 0. The van der Waals surface area contributed by atoms with Crippen molar-refractivity contribution in [2.45, 2.75) is 58.3 Å². The standard InChI is InChI=1S/C11H22O3S/c1-2-3-4-5-6-7-8-9-10-11-15(12,13)14/h10-11H,2-9H2,1H3,(H,12,13,14)/b11-10+. The summed E-state index contributed by atoms with van der Waals surface area (Å²) in [6, 6.07) is 0. The molecular formula is C11H22O3S. The lowest BCUT2D eigenvalue weighted by molar-refractivity contribution is 0.494. The first kappa shape index (κ1) is 14.6. The van der Waals surface area contributed by atoms with Crippen molar-refractivity contribution in [3.8, 4) is 0 Å². The normalized spacial score (nSPS) is 12.4. The van der Waals surface area contributed by atoms with Crippen molar-refractivity contribution in [3.05, 3.63) is 11.5 Å². The third-order valence-corrected chi connectivity index (χ3v) is 2.78. The summed E-state index contributed by atoms with van der Waals surface area (Å²) in [5.74, 6) is 0. The lowest BCUT2D eigenvalue weighted by Gasteiger charge is -1.98. The Kier molecular flexibility index (Phi) is 8.71. The zero-order valence-corrected chi connectivity index (χ0v) is 10.3. The third kappa shape index (κ3) is 13.7. The molecule has 0 amide bonds. The number of rotatable bonds is 9. The van der Waals surface area contributed by atoms with Gasteiger partial charge in [-0.3, -0.25) is 4.55 Å². The third-order valence-electron chi connectivity index (χ3n) is 2.24. The van der Waals surface area contributed by atoms with E-state index in [1.165, 1.54) is 38.2 Å². The van der Waals surface area contributed by atoms with Crippen molar-refractivity contribution in [1.29, 1.82) is 0 Å². The Morgan fingerprint density at radius 1 is 1.00 bits per heavy atom. The Morgan fingerprint density at radius 2 is 1.53 bits per heavy atom. The van der Waals surface area contributed by atoms with Crippen LogP contribution in [-0.2, 0) is 10.1 Å².